The molecule has 14 heavy (non-hydrogen) atoms. The predicted octanol–water partition coefficient (Wildman–Crippen LogP) is 1.97. The number of nitrogens with zero attached hydrogens (tertiary/aromatic N) is 3. The van der Waals surface area contributed by atoms with E-state index in [-0.39, 0.29) is 16.6 Å². The molecule has 0 bridgehead atoms. The van der Waals surface area contributed by atoms with E-state index in [1.165, 1.54) is 0 Å². The van der Waals surface area contributed by atoms with Crippen LogP contribution in [0.2, 0.25) is 10.6 Å². The van der Waals surface area contributed by atoms with Crippen molar-refractivity contribution < 1.29 is 4.74 Å². The molecule has 1 heterocycles. The molecule has 0 saturated heterocycles. The summed E-state index contributed by atoms with van der Waals surface area (Å²) in [5.74, 6) is 2.42. The SMILES string of the molecule is C#CC(C)(C)Oc1nc(Cl)nc(Cl)n1. The van der Waals surface area contributed by atoms with E-state index in [9.17, 15) is 0 Å². The third-order valence-corrected chi connectivity index (χ3v) is 1.59. The van der Waals surface area contributed by atoms with Crippen molar-refractivity contribution in [1.29, 1.82) is 0 Å². The van der Waals surface area contributed by atoms with Gasteiger partial charge in [0, 0.05) is 0 Å². The van der Waals surface area contributed by atoms with Crippen LogP contribution in [0.25, 0.3) is 0 Å². The number of ether oxygens (including phenoxy) is 1. The first-order chi connectivity index (χ1) is 6.43. The van der Waals surface area contributed by atoms with Gasteiger partial charge >= 0.3 is 6.01 Å². The lowest BCUT2D eigenvalue weighted by atomic mass is 10.2. The van der Waals surface area contributed by atoms with Gasteiger partial charge in [0.25, 0.3) is 0 Å². The Morgan fingerprint density at radius 1 is 1.21 bits per heavy atom. The van der Waals surface area contributed by atoms with E-state index in [2.05, 4.69) is 20.9 Å². The summed E-state index contributed by atoms with van der Waals surface area (Å²) in [6.07, 6.45) is 5.22. The van der Waals surface area contributed by atoms with Gasteiger partial charge in [0.2, 0.25) is 10.6 Å². The number of hydrogen-bond acceptors (Lipinski definition) is 4. The molecule has 0 aliphatic heterocycles. The zero-order valence-corrected chi connectivity index (χ0v) is 9.10. The minimum Gasteiger partial charge on any atom is -0.444 e. The second kappa shape index (κ2) is 3.99. The van der Waals surface area contributed by atoms with Crippen LogP contribution in [-0.4, -0.2) is 20.6 Å². The summed E-state index contributed by atoms with van der Waals surface area (Å²) in [7, 11) is 0. The number of hydrogen-bond donors (Lipinski definition) is 0. The lowest BCUT2D eigenvalue weighted by molar-refractivity contribution is 0.156. The molecular formula is C8H7Cl2N3O. The number of terminal acetylenes is 1. The van der Waals surface area contributed by atoms with Gasteiger partial charge in [-0.3, -0.25) is 0 Å². The average molecular weight is 232 g/mol. The van der Waals surface area contributed by atoms with Crippen molar-refractivity contribution in [2.45, 2.75) is 19.4 Å². The first kappa shape index (κ1) is 11.0. The zero-order valence-electron chi connectivity index (χ0n) is 7.58. The van der Waals surface area contributed by atoms with Crippen LogP contribution < -0.4 is 4.74 Å². The highest BCUT2D eigenvalue weighted by Crippen LogP contribution is 2.16. The molecule has 0 N–H and O–H groups in total. The summed E-state index contributed by atoms with van der Waals surface area (Å²) < 4.78 is 5.25. The molecule has 0 spiro atoms. The van der Waals surface area contributed by atoms with Crippen LogP contribution in [0, 0.1) is 12.3 Å². The Hall–Kier alpha value is -1.05. The van der Waals surface area contributed by atoms with E-state index in [1.807, 2.05) is 0 Å². The fourth-order valence-electron chi connectivity index (χ4n) is 0.612. The van der Waals surface area contributed by atoms with E-state index in [0.29, 0.717) is 0 Å². The molecule has 0 saturated carbocycles. The molecule has 4 nitrogen and oxygen atoms in total. The van der Waals surface area contributed by atoms with Crippen LogP contribution in [0.4, 0.5) is 0 Å². The van der Waals surface area contributed by atoms with Crippen molar-refractivity contribution in [1.82, 2.24) is 15.0 Å². The van der Waals surface area contributed by atoms with Crippen molar-refractivity contribution in [2.24, 2.45) is 0 Å². The highest BCUT2D eigenvalue weighted by atomic mass is 35.5. The van der Waals surface area contributed by atoms with E-state index in [0.717, 1.165) is 0 Å². The monoisotopic (exact) mass is 231 g/mol. The lowest BCUT2D eigenvalue weighted by Crippen LogP contribution is -2.26. The summed E-state index contributed by atoms with van der Waals surface area (Å²) >= 11 is 11.1. The van der Waals surface area contributed by atoms with Gasteiger partial charge in [0.15, 0.2) is 5.60 Å². The van der Waals surface area contributed by atoms with E-state index < -0.39 is 5.60 Å². The van der Waals surface area contributed by atoms with E-state index >= 15 is 0 Å². The summed E-state index contributed by atoms with van der Waals surface area (Å²) in [6, 6.07) is 0.0120. The van der Waals surface area contributed by atoms with Crippen LogP contribution in [0.1, 0.15) is 13.8 Å². The Bertz CT molecular complexity index is 366. The number of rotatable bonds is 2. The Balaban J connectivity index is 2.94. The van der Waals surface area contributed by atoms with Crippen LogP contribution in [0.3, 0.4) is 0 Å². The maximum absolute atomic E-state index is 5.54. The van der Waals surface area contributed by atoms with Gasteiger partial charge < -0.3 is 4.74 Å². The molecule has 1 rings (SSSR count). The topological polar surface area (TPSA) is 47.9 Å². The van der Waals surface area contributed by atoms with Gasteiger partial charge in [0.05, 0.1) is 0 Å². The Morgan fingerprint density at radius 2 is 1.71 bits per heavy atom. The molecule has 0 unspecified atom stereocenters. The molecule has 74 valence electrons. The fourth-order valence-corrected chi connectivity index (χ4v) is 0.960. The van der Waals surface area contributed by atoms with Gasteiger partial charge in [-0.1, -0.05) is 5.92 Å². The molecule has 0 radical (unpaired) electrons. The first-order valence-corrected chi connectivity index (χ1v) is 4.42. The Morgan fingerprint density at radius 3 is 2.14 bits per heavy atom. The Kier molecular flexibility index (Phi) is 3.14. The van der Waals surface area contributed by atoms with Gasteiger partial charge in [0.1, 0.15) is 0 Å². The van der Waals surface area contributed by atoms with Gasteiger partial charge in [-0.15, -0.1) is 6.42 Å². The number of aromatic nitrogens is 3. The second-order valence-corrected chi connectivity index (χ2v) is 3.59. The quantitative estimate of drug-likeness (QED) is 0.731. The summed E-state index contributed by atoms with van der Waals surface area (Å²) in [5, 5.41) is -0.0688. The molecule has 0 aliphatic rings. The van der Waals surface area contributed by atoms with Crippen LogP contribution in [0.15, 0.2) is 0 Å². The van der Waals surface area contributed by atoms with Crippen molar-refractivity contribution in [2.75, 3.05) is 0 Å². The maximum atomic E-state index is 5.54. The third-order valence-electron chi connectivity index (χ3n) is 1.25. The average Bonchev–Trinajstić information content (AvgIpc) is 2.01. The first-order valence-electron chi connectivity index (χ1n) is 3.67. The van der Waals surface area contributed by atoms with Gasteiger partial charge in [-0.2, -0.15) is 15.0 Å². The molecule has 0 amide bonds. The van der Waals surface area contributed by atoms with E-state index in [1.54, 1.807) is 13.8 Å². The van der Waals surface area contributed by atoms with Crippen molar-refractivity contribution in [3.63, 3.8) is 0 Å². The molecule has 0 aliphatic carbocycles. The molecule has 0 atom stereocenters. The third kappa shape index (κ3) is 3.02. The number of halogens is 2. The standard InChI is InChI=1S/C8H7Cl2N3O/c1-4-8(2,3)14-7-12-5(9)11-6(10)13-7/h1H,2-3H3. The summed E-state index contributed by atoms with van der Waals surface area (Å²) in [4.78, 5) is 11.0. The Labute approximate surface area is 91.6 Å². The molecule has 0 aromatic carbocycles. The minimum atomic E-state index is -0.811. The van der Waals surface area contributed by atoms with E-state index in [4.69, 9.17) is 34.4 Å². The normalized spacial score (nSPS) is 10.8. The van der Waals surface area contributed by atoms with Crippen LogP contribution >= 0.6 is 23.2 Å². The highest BCUT2D eigenvalue weighted by Gasteiger charge is 2.18. The maximum Gasteiger partial charge on any atom is 0.323 e. The van der Waals surface area contributed by atoms with Crippen LogP contribution in [0.5, 0.6) is 6.01 Å². The van der Waals surface area contributed by atoms with Gasteiger partial charge in [-0.25, -0.2) is 0 Å². The van der Waals surface area contributed by atoms with Crippen molar-refractivity contribution in [3.05, 3.63) is 10.6 Å². The fraction of sp³-hybridized carbons (Fsp3) is 0.375. The van der Waals surface area contributed by atoms with Crippen molar-refractivity contribution in [3.8, 4) is 18.4 Å². The summed E-state index contributed by atoms with van der Waals surface area (Å²) in [6.45, 7) is 3.39. The predicted molar refractivity (Wildman–Crippen MR) is 53.4 cm³/mol. The smallest absolute Gasteiger partial charge is 0.323 e. The molecule has 1 aromatic rings. The second-order valence-electron chi connectivity index (χ2n) is 2.91. The lowest BCUT2D eigenvalue weighted by Gasteiger charge is -2.17. The summed E-state index contributed by atoms with van der Waals surface area (Å²) in [5.41, 5.74) is -0.811. The zero-order chi connectivity index (χ0) is 10.8. The molecular weight excluding hydrogens is 225 g/mol. The molecule has 0 fully saturated rings. The molecule has 6 heteroatoms. The van der Waals surface area contributed by atoms with Gasteiger partial charge in [-0.05, 0) is 37.0 Å². The van der Waals surface area contributed by atoms with Crippen LogP contribution in [-0.2, 0) is 0 Å². The van der Waals surface area contributed by atoms with Crippen molar-refractivity contribution >= 4 is 23.2 Å². The highest BCUT2D eigenvalue weighted by molar-refractivity contribution is 6.31. The largest absolute Gasteiger partial charge is 0.444 e. The molecule has 1 aromatic heterocycles. The minimum absolute atomic E-state index is 0.0120.